The Labute approximate surface area is 165 Å². The molecule has 3 aromatic carbocycles. The highest BCUT2D eigenvalue weighted by atomic mass is 19.1. The van der Waals surface area contributed by atoms with Crippen LogP contribution < -0.4 is 10.1 Å². The van der Waals surface area contributed by atoms with Gasteiger partial charge in [0, 0.05) is 6.54 Å². The molecule has 3 rings (SSSR count). The molecule has 0 aliphatic rings. The minimum Gasteiger partial charge on any atom is -0.489 e. The first-order chi connectivity index (χ1) is 13.5. The number of benzene rings is 3. The quantitative estimate of drug-likeness (QED) is 0.637. The summed E-state index contributed by atoms with van der Waals surface area (Å²) in [6.45, 7) is 4.93. The smallest absolute Gasteiger partial charge is 0.224 e. The molecule has 0 unspecified atom stereocenters. The molecule has 0 spiro atoms. The molecule has 0 aliphatic carbocycles. The highest BCUT2D eigenvalue weighted by molar-refractivity contribution is 5.78. The van der Waals surface area contributed by atoms with Crippen LogP contribution in [0.15, 0.2) is 66.7 Å². The van der Waals surface area contributed by atoms with Gasteiger partial charge in [-0.15, -0.1) is 0 Å². The lowest BCUT2D eigenvalue weighted by Crippen LogP contribution is -2.24. The van der Waals surface area contributed by atoms with Crippen LogP contribution in [0.25, 0.3) is 0 Å². The van der Waals surface area contributed by atoms with Gasteiger partial charge in [0.15, 0.2) is 0 Å². The summed E-state index contributed by atoms with van der Waals surface area (Å²) in [5.41, 5.74) is 5.29. The van der Waals surface area contributed by atoms with Crippen LogP contribution in [0, 0.1) is 19.7 Å². The van der Waals surface area contributed by atoms with Gasteiger partial charge in [-0.25, -0.2) is 4.39 Å². The van der Waals surface area contributed by atoms with E-state index in [9.17, 15) is 9.18 Å². The van der Waals surface area contributed by atoms with Gasteiger partial charge in [-0.1, -0.05) is 48.0 Å². The molecule has 0 radical (unpaired) electrons. The molecule has 0 bridgehead atoms. The van der Waals surface area contributed by atoms with Crippen LogP contribution in [0.4, 0.5) is 4.39 Å². The molecule has 144 valence electrons. The van der Waals surface area contributed by atoms with Crippen molar-refractivity contribution >= 4 is 5.91 Å². The van der Waals surface area contributed by atoms with E-state index in [1.54, 1.807) is 12.1 Å². The zero-order valence-corrected chi connectivity index (χ0v) is 16.2. The zero-order valence-electron chi connectivity index (χ0n) is 16.2. The maximum absolute atomic E-state index is 12.9. The summed E-state index contributed by atoms with van der Waals surface area (Å²) in [7, 11) is 0. The van der Waals surface area contributed by atoms with E-state index in [0.717, 1.165) is 28.0 Å². The van der Waals surface area contributed by atoms with Gasteiger partial charge in [0.05, 0.1) is 6.42 Å². The van der Waals surface area contributed by atoms with Crippen LogP contribution in [-0.2, 0) is 24.4 Å². The Morgan fingerprint density at radius 1 is 0.929 bits per heavy atom. The van der Waals surface area contributed by atoms with E-state index < -0.39 is 0 Å². The summed E-state index contributed by atoms with van der Waals surface area (Å²) in [6, 6.07) is 20.0. The standard InChI is InChI=1S/C24H24FNO2/c1-17-3-8-21(18(2)13-17)14-24(27)26-15-19-6-11-23(12-7-19)28-16-20-4-9-22(25)10-5-20/h3-13H,14-16H2,1-2H3,(H,26,27). The highest BCUT2D eigenvalue weighted by Crippen LogP contribution is 2.15. The molecule has 4 heteroatoms. The summed E-state index contributed by atoms with van der Waals surface area (Å²) >= 11 is 0. The molecule has 0 atom stereocenters. The van der Waals surface area contributed by atoms with Crippen molar-refractivity contribution < 1.29 is 13.9 Å². The predicted octanol–water partition coefficient (Wildman–Crippen LogP) is 4.88. The number of amides is 1. The molecule has 3 nitrogen and oxygen atoms in total. The number of rotatable bonds is 7. The maximum Gasteiger partial charge on any atom is 0.224 e. The summed E-state index contributed by atoms with van der Waals surface area (Å²) < 4.78 is 18.6. The fourth-order valence-corrected chi connectivity index (χ4v) is 2.93. The number of carbonyl (C=O) groups is 1. The molecule has 0 heterocycles. The number of halogens is 1. The fraction of sp³-hybridized carbons (Fsp3) is 0.208. The lowest BCUT2D eigenvalue weighted by molar-refractivity contribution is -0.120. The molecular weight excluding hydrogens is 353 g/mol. The molecule has 0 aliphatic heterocycles. The number of hydrogen-bond donors (Lipinski definition) is 1. The first-order valence-corrected chi connectivity index (χ1v) is 9.28. The molecule has 0 saturated heterocycles. The van der Waals surface area contributed by atoms with Gasteiger partial charge >= 0.3 is 0 Å². The van der Waals surface area contributed by atoms with Crippen molar-refractivity contribution in [3.63, 3.8) is 0 Å². The van der Waals surface area contributed by atoms with E-state index in [4.69, 9.17) is 4.74 Å². The molecule has 0 saturated carbocycles. The number of ether oxygens (including phenoxy) is 1. The van der Waals surface area contributed by atoms with Crippen molar-refractivity contribution in [3.05, 3.63) is 100 Å². The van der Waals surface area contributed by atoms with Crippen LogP contribution in [0.1, 0.15) is 27.8 Å². The van der Waals surface area contributed by atoms with Crippen molar-refractivity contribution in [2.75, 3.05) is 0 Å². The molecule has 28 heavy (non-hydrogen) atoms. The summed E-state index contributed by atoms with van der Waals surface area (Å²) in [5, 5.41) is 2.96. The molecule has 1 amide bonds. The molecular formula is C24H24FNO2. The monoisotopic (exact) mass is 377 g/mol. The normalized spacial score (nSPS) is 10.5. The van der Waals surface area contributed by atoms with Crippen molar-refractivity contribution in [2.24, 2.45) is 0 Å². The van der Waals surface area contributed by atoms with E-state index in [0.29, 0.717) is 19.6 Å². The zero-order chi connectivity index (χ0) is 19.9. The number of aryl methyl sites for hydroxylation is 2. The first-order valence-electron chi connectivity index (χ1n) is 9.28. The van der Waals surface area contributed by atoms with Crippen LogP contribution >= 0.6 is 0 Å². The Morgan fingerprint density at radius 3 is 2.29 bits per heavy atom. The first kappa shape index (κ1) is 19.6. The van der Waals surface area contributed by atoms with Crippen molar-refractivity contribution in [1.82, 2.24) is 5.32 Å². The van der Waals surface area contributed by atoms with Gasteiger partial charge in [-0.05, 0) is 60.4 Å². The van der Waals surface area contributed by atoms with E-state index in [1.807, 2.05) is 50.2 Å². The van der Waals surface area contributed by atoms with Gasteiger partial charge in [0.1, 0.15) is 18.2 Å². The van der Waals surface area contributed by atoms with Gasteiger partial charge in [0.2, 0.25) is 5.91 Å². The SMILES string of the molecule is Cc1ccc(CC(=O)NCc2ccc(OCc3ccc(F)cc3)cc2)c(C)c1. The molecule has 0 fully saturated rings. The average molecular weight is 377 g/mol. The molecule has 3 aromatic rings. The third kappa shape index (κ3) is 5.68. The van der Waals surface area contributed by atoms with Gasteiger partial charge in [-0.3, -0.25) is 4.79 Å². The second-order valence-corrected chi connectivity index (χ2v) is 6.94. The lowest BCUT2D eigenvalue weighted by atomic mass is 10.0. The van der Waals surface area contributed by atoms with Gasteiger partial charge in [0.25, 0.3) is 0 Å². The van der Waals surface area contributed by atoms with Gasteiger partial charge < -0.3 is 10.1 Å². The third-order valence-electron chi connectivity index (χ3n) is 4.58. The van der Waals surface area contributed by atoms with Crippen molar-refractivity contribution in [1.29, 1.82) is 0 Å². The Hall–Kier alpha value is -3.14. The van der Waals surface area contributed by atoms with E-state index >= 15 is 0 Å². The second kappa shape index (κ2) is 9.18. The predicted molar refractivity (Wildman–Crippen MR) is 109 cm³/mol. The van der Waals surface area contributed by atoms with Crippen molar-refractivity contribution in [2.45, 2.75) is 33.4 Å². The maximum atomic E-state index is 12.9. The Kier molecular flexibility index (Phi) is 6.43. The summed E-state index contributed by atoms with van der Waals surface area (Å²) in [5.74, 6) is 0.478. The summed E-state index contributed by atoms with van der Waals surface area (Å²) in [6.07, 6.45) is 0.380. The van der Waals surface area contributed by atoms with Crippen LogP contribution in [-0.4, -0.2) is 5.91 Å². The van der Waals surface area contributed by atoms with Crippen LogP contribution in [0.3, 0.4) is 0 Å². The Morgan fingerprint density at radius 2 is 1.61 bits per heavy atom. The van der Waals surface area contributed by atoms with Gasteiger partial charge in [-0.2, -0.15) is 0 Å². The Bertz CT molecular complexity index is 934. The number of hydrogen-bond acceptors (Lipinski definition) is 2. The van der Waals surface area contributed by atoms with E-state index in [1.165, 1.54) is 17.7 Å². The summed E-state index contributed by atoms with van der Waals surface area (Å²) in [4.78, 5) is 12.2. The third-order valence-corrected chi connectivity index (χ3v) is 4.58. The van der Waals surface area contributed by atoms with Crippen LogP contribution in [0.2, 0.25) is 0 Å². The Balaban J connectivity index is 1.47. The highest BCUT2D eigenvalue weighted by Gasteiger charge is 2.06. The minimum absolute atomic E-state index is 0.00332. The molecule has 1 N–H and O–H groups in total. The minimum atomic E-state index is -0.257. The number of carbonyl (C=O) groups excluding carboxylic acids is 1. The fourth-order valence-electron chi connectivity index (χ4n) is 2.93. The van der Waals surface area contributed by atoms with Crippen LogP contribution in [0.5, 0.6) is 5.75 Å². The topological polar surface area (TPSA) is 38.3 Å². The molecule has 0 aromatic heterocycles. The largest absolute Gasteiger partial charge is 0.489 e. The van der Waals surface area contributed by atoms with Crippen molar-refractivity contribution in [3.8, 4) is 5.75 Å². The lowest BCUT2D eigenvalue weighted by Gasteiger charge is -2.10. The van der Waals surface area contributed by atoms with E-state index in [-0.39, 0.29) is 11.7 Å². The van der Waals surface area contributed by atoms with E-state index in [2.05, 4.69) is 11.4 Å². The number of nitrogens with one attached hydrogen (secondary N) is 1. The average Bonchev–Trinajstić information content (AvgIpc) is 2.69. The second-order valence-electron chi connectivity index (χ2n) is 6.94.